The summed E-state index contributed by atoms with van der Waals surface area (Å²) in [5.74, 6) is 1.60. The summed E-state index contributed by atoms with van der Waals surface area (Å²) in [6.45, 7) is 9.06. The predicted octanol–water partition coefficient (Wildman–Crippen LogP) is 1.02. The number of aliphatic hydroxyl groups excluding tert-OH is 1. The molecule has 1 unspecified atom stereocenters. The first-order chi connectivity index (χ1) is 12.7. The summed E-state index contributed by atoms with van der Waals surface area (Å²) in [5, 5.41) is 17.4. The molecule has 2 fully saturated rings. The minimum atomic E-state index is -0.0902. The summed E-state index contributed by atoms with van der Waals surface area (Å²) in [6, 6.07) is 0. The van der Waals surface area contributed by atoms with Gasteiger partial charge in [0.05, 0.1) is 12.3 Å². The van der Waals surface area contributed by atoms with Gasteiger partial charge in [0, 0.05) is 58.4 Å². The van der Waals surface area contributed by atoms with Gasteiger partial charge in [-0.3, -0.25) is 9.67 Å². The Morgan fingerprint density at radius 3 is 2.81 bits per heavy atom. The molecule has 1 aromatic rings. The highest BCUT2D eigenvalue weighted by Gasteiger charge is 2.26. The van der Waals surface area contributed by atoms with E-state index in [2.05, 4.69) is 33.3 Å². The van der Waals surface area contributed by atoms with Crippen molar-refractivity contribution in [1.29, 1.82) is 0 Å². The number of hydrogen-bond acceptors (Lipinski definition) is 4. The molecule has 0 aliphatic carbocycles. The van der Waals surface area contributed by atoms with Gasteiger partial charge in [-0.05, 0) is 44.7 Å². The lowest BCUT2D eigenvalue weighted by atomic mass is 10.0. The third-order valence-corrected chi connectivity index (χ3v) is 5.47. The van der Waals surface area contributed by atoms with Crippen molar-refractivity contribution in [3.8, 4) is 0 Å². The Morgan fingerprint density at radius 1 is 1.31 bits per heavy atom. The van der Waals surface area contributed by atoms with Crippen molar-refractivity contribution in [3.63, 3.8) is 0 Å². The van der Waals surface area contributed by atoms with Gasteiger partial charge in [0.1, 0.15) is 0 Å². The van der Waals surface area contributed by atoms with Crippen LogP contribution in [0.15, 0.2) is 17.4 Å². The van der Waals surface area contributed by atoms with Crippen molar-refractivity contribution in [2.24, 2.45) is 12.0 Å². The SMILES string of the molecule is CCNC(=NCCCN1CCC(O)CC1)N1CCC(c2cnn(C)c2)C1. The number of aliphatic imine (C=N–C) groups is 1. The molecule has 0 spiro atoms. The van der Waals surface area contributed by atoms with Crippen molar-refractivity contribution in [1.82, 2.24) is 24.9 Å². The maximum absolute atomic E-state index is 9.59. The van der Waals surface area contributed by atoms with Gasteiger partial charge >= 0.3 is 0 Å². The highest BCUT2D eigenvalue weighted by molar-refractivity contribution is 5.80. The molecule has 0 saturated carbocycles. The van der Waals surface area contributed by atoms with Crippen LogP contribution in [0.5, 0.6) is 0 Å². The summed E-state index contributed by atoms with van der Waals surface area (Å²) in [5.41, 5.74) is 1.33. The number of aromatic nitrogens is 2. The zero-order chi connectivity index (χ0) is 18.4. The molecule has 7 nitrogen and oxygen atoms in total. The fourth-order valence-corrected chi connectivity index (χ4v) is 3.92. The van der Waals surface area contributed by atoms with Gasteiger partial charge in [-0.25, -0.2) is 0 Å². The Morgan fingerprint density at radius 2 is 2.12 bits per heavy atom. The molecular formula is C19H34N6O. The van der Waals surface area contributed by atoms with E-state index in [0.717, 1.165) is 77.5 Å². The van der Waals surface area contributed by atoms with E-state index < -0.39 is 0 Å². The topological polar surface area (TPSA) is 68.9 Å². The van der Waals surface area contributed by atoms with E-state index in [4.69, 9.17) is 4.99 Å². The third-order valence-electron chi connectivity index (χ3n) is 5.47. The molecule has 0 amide bonds. The number of nitrogens with zero attached hydrogens (tertiary/aromatic N) is 5. The molecule has 0 aromatic carbocycles. The molecule has 1 aromatic heterocycles. The first-order valence-corrected chi connectivity index (χ1v) is 10.1. The number of hydrogen-bond donors (Lipinski definition) is 2. The lowest BCUT2D eigenvalue weighted by Gasteiger charge is -2.29. The Balaban J connectivity index is 1.46. The van der Waals surface area contributed by atoms with E-state index in [1.807, 2.05) is 17.9 Å². The average molecular weight is 363 g/mol. The molecule has 7 heteroatoms. The Hall–Kier alpha value is -1.60. The monoisotopic (exact) mass is 362 g/mol. The first-order valence-electron chi connectivity index (χ1n) is 10.1. The van der Waals surface area contributed by atoms with Gasteiger partial charge in [-0.1, -0.05) is 0 Å². The molecule has 2 saturated heterocycles. The van der Waals surface area contributed by atoms with Crippen LogP contribution in [0.1, 0.15) is 44.1 Å². The molecule has 0 bridgehead atoms. The van der Waals surface area contributed by atoms with Gasteiger partial charge in [0.15, 0.2) is 5.96 Å². The molecule has 2 aliphatic rings. The van der Waals surface area contributed by atoms with E-state index in [9.17, 15) is 5.11 Å². The summed E-state index contributed by atoms with van der Waals surface area (Å²) in [6.07, 6.45) is 8.09. The molecule has 2 N–H and O–H groups in total. The highest BCUT2D eigenvalue weighted by Crippen LogP contribution is 2.26. The Labute approximate surface area is 157 Å². The fourth-order valence-electron chi connectivity index (χ4n) is 3.92. The highest BCUT2D eigenvalue weighted by atomic mass is 16.3. The summed E-state index contributed by atoms with van der Waals surface area (Å²) in [4.78, 5) is 9.70. The number of aryl methyl sites for hydroxylation is 1. The number of likely N-dealkylation sites (tertiary alicyclic amines) is 2. The molecule has 1 atom stereocenters. The number of aliphatic hydroxyl groups is 1. The predicted molar refractivity (Wildman–Crippen MR) is 104 cm³/mol. The first kappa shape index (κ1) is 19.2. The second kappa shape index (κ2) is 9.37. The number of guanidine groups is 1. The van der Waals surface area contributed by atoms with Crippen LogP contribution in [0.25, 0.3) is 0 Å². The second-order valence-corrected chi connectivity index (χ2v) is 7.54. The summed E-state index contributed by atoms with van der Waals surface area (Å²) >= 11 is 0. The van der Waals surface area contributed by atoms with Crippen LogP contribution in [0.3, 0.4) is 0 Å². The summed E-state index contributed by atoms with van der Waals surface area (Å²) < 4.78 is 1.89. The van der Waals surface area contributed by atoms with Crippen LogP contribution in [0.2, 0.25) is 0 Å². The minimum Gasteiger partial charge on any atom is -0.393 e. The standard InChI is InChI=1S/C19H34N6O/c1-3-20-19(21-8-4-9-24-10-6-18(26)7-11-24)25-12-5-16(15-25)17-13-22-23(2)14-17/h13-14,16,18,26H,3-12,15H2,1-2H3,(H,20,21). The zero-order valence-corrected chi connectivity index (χ0v) is 16.3. The van der Waals surface area contributed by atoms with Crippen molar-refractivity contribution >= 4 is 5.96 Å². The van der Waals surface area contributed by atoms with E-state index in [-0.39, 0.29) is 6.10 Å². The number of rotatable bonds is 6. The smallest absolute Gasteiger partial charge is 0.193 e. The third kappa shape index (κ3) is 5.20. The van der Waals surface area contributed by atoms with E-state index >= 15 is 0 Å². The van der Waals surface area contributed by atoms with Crippen LogP contribution in [0, 0.1) is 0 Å². The van der Waals surface area contributed by atoms with Crippen LogP contribution >= 0.6 is 0 Å². The lowest BCUT2D eigenvalue weighted by Crippen LogP contribution is -2.40. The Kier molecular flexibility index (Phi) is 6.91. The van der Waals surface area contributed by atoms with Crippen LogP contribution in [-0.2, 0) is 7.05 Å². The van der Waals surface area contributed by atoms with Gasteiger partial charge in [0.25, 0.3) is 0 Å². The van der Waals surface area contributed by atoms with E-state index in [0.29, 0.717) is 5.92 Å². The maximum Gasteiger partial charge on any atom is 0.193 e. The molecule has 3 rings (SSSR count). The van der Waals surface area contributed by atoms with Crippen LogP contribution in [-0.4, -0.2) is 82.6 Å². The Bertz CT molecular complexity index is 578. The molecule has 2 aliphatic heterocycles. The number of nitrogens with one attached hydrogen (secondary N) is 1. The van der Waals surface area contributed by atoms with Gasteiger partial charge in [0.2, 0.25) is 0 Å². The van der Waals surface area contributed by atoms with Crippen LogP contribution < -0.4 is 5.32 Å². The maximum atomic E-state index is 9.59. The van der Waals surface area contributed by atoms with Crippen molar-refractivity contribution in [3.05, 3.63) is 18.0 Å². The van der Waals surface area contributed by atoms with Gasteiger partial charge in [-0.15, -0.1) is 0 Å². The molecule has 146 valence electrons. The minimum absolute atomic E-state index is 0.0902. The zero-order valence-electron chi connectivity index (χ0n) is 16.3. The number of piperidine rings is 1. The lowest BCUT2D eigenvalue weighted by molar-refractivity contribution is 0.0824. The van der Waals surface area contributed by atoms with Crippen molar-refractivity contribution < 1.29 is 5.11 Å². The van der Waals surface area contributed by atoms with E-state index in [1.54, 1.807) is 0 Å². The largest absolute Gasteiger partial charge is 0.393 e. The van der Waals surface area contributed by atoms with Gasteiger partial charge < -0.3 is 20.2 Å². The van der Waals surface area contributed by atoms with Crippen molar-refractivity contribution in [2.75, 3.05) is 45.8 Å². The molecule has 3 heterocycles. The normalized spacial score (nSPS) is 23.0. The molecular weight excluding hydrogens is 328 g/mol. The molecule has 0 radical (unpaired) electrons. The second-order valence-electron chi connectivity index (χ2n) is 7.54. The molecule has 26 heavy (non-hydrogen) atoms. The average Bonchev–Trinajstić information content (AvgIpc) is 3.28. The fraction of sp³-hybridized carbons (Fsp3) is 0.789. The van der Waals surface area contributed by atoms with E-state index in [1.165, 1.54) is 5.56 Å². The summed E-state index contributed by atoms with van der Waals surface area (Å²) in [7, 11) is 1.98. The van der Waals surface area contributed by atoms with Gasteiger partial charge in [-0.2, -0.15) is 5.10 Å². The van der Waals surface area contributed by atoms with Crippen LogP contribution in [0.4, 0.5) is 0 Å². The van der Waals surface area contributed by atoms with Crippen molar-refractivity contribution in [2.45, 2.75) is 44.6 Å². The quantitative estimate of drug-likeness (QED) is 0.449.